The zero-order valence-corrected chi connectivity index (χ0v) is 16.4. The number of carboxylic acids is 1. The zero-order valence-electron chi connectivity index (χ0n) is 15.6. The summed E-state index contributed by atoms with van der Waals surface area (Å²) in [6, 6.07) is 3.82. The highest BCUT2D eigenvalue weighted by Crippen LogP contribution is 2.41. The molecule has 2 saturated heterocycles. The number of carbonyl (C=O) groups is 4. The largest absolute Gasteiger partial charge is 0.481 e. The molecule has 0 aromatic carbocycles. The lowest BCUT2D eigenvalue weighted by Crippen LogP contribution is -2.73. The quantitative estimate of drug-likeness (QED) is 0.231. The maximum absolute atomic E-state index is 12.7. The number of thioether (sulfide) groups is 1. The minimum atomic E-state index is -1.02. The van der Waals surface area contributed by atoms with Crippen LogP contribution in [-0.2, 0) is 24.0 Å². The summed E-state index contributed by atoms with van der Waals surface area (Å²) >= 11 is 1.31. The lowest BCUT2D eigenvalue weighted by atomic mass is 9.89. The normalized spacial score (nSPS) is 26.1. The van der Waals surface area contributed by atoms with Gasteiger partial charge in [0.1, 0.15) is 30.0 Å². The van der Waals surface area contributed by atoms with E-state index in [9.17, 15) is 24.3 Å². The minimum Gasteiger partial charge on any atom is -0.481 e. The van der Waals surface area contributed by atoms with Crippen molar-refractivity contribution in [1.82, 2.24) is 15.2 Å². The van der Waals surface area contributed by atoms with Crippen LogP contribution in [0, 0.1) is 5.41 Å². The van der Waals surface area contributed by atoms with Gasteiger partial charge in [-0.05, 0) is 19.1 Å². The van der Waals surface area contributed by atoms with Crippen LogP contribution in [0.25, 0.3) is 0 Å². The summed E-state index contributed by atoms with van der Waals surface area (Å²) in [7, 11) is 1.26. The van der Waals surface area contributed by atoms with Crippen molar-refractivity contribution in [3.05, 3.63) is 23.9 Å². The molecule has 1 aromatic rings. The molecule has 0 bridgehead atoms. The SMILES string of the molecule is CON=C(C(=O)NC1C(=O)N2CC(C)(C(=O)O)CS[C@H]12)c1cccc(NC=O)n1. The van der Waals surface area contributed by atoms with Crippen LogP contribution in [0.15, 0.2) is 23.4 Å². The number of amides is 3. The molecule has 2 aliphatic rings. The van der Waals surface area contributed by atoms with Gasteiger partial charge in [-0.1, -0.05) is 11.2 Å². The van der Waals surface area contributed by atoms with Crippen LogP contribution in [0.1, 0.15) is 12.6 Å². The monoisotopic (exact) mass is 421 g/mol. The Kier molecular flexibility index (Phi) is 5.73. The number of hydrogen-bond acceptors (Lipinski definition) is 8. The summed E-state index contributed by atoms with van der Waals surface area (Å²) < 4.78 is 0. The van der Waals surface area contributed by atoms with Crippen molar-refractivity contribution in [1.29, 1.82) is 0 Å². The number of aliphatic carboxylic acids is 1. The van der Waals surface area contributed by atoms with Crippen LogP contribution in [-0.4, -0.2) is 75.7 Å². The number of carbonyl (C=O) groups excluding carboxylic acids is 3. The molecule has 11 nitrogen and oxygen atoms in total. The fourth-order valence-electron chi connectivity index (χ4n) is 3.04. The third-order valence-corrected chi connectivity index (χ3v) is 6.30. The van der Waals surface area contributed by atoms with E-state index in [1.807, 2.05) is 0 Å². The Morgan fingerprint density at radius 3 is 2.90 bits per heavy atom. The van der Waals surface area contributed by atoms with Crippen LogP contribution < -0.4 is 10.6 Å². The number of hydrogen-bond donors (Lipinski definition) is 3. The molecular formula is C17H19N5O6S. The van der Waals surface area contributed by atoms with Gasteiger partial charge in [0.05, 0.1) is 5.41 Å². The Morgan fingerprint density at radius 1 is 1.48 bits per heavy atom. The van der Waals surface area contributed by atoms with E-state index < -0.39 is 23.3 Å². The fourth-order valence-corrected chi connectivity index (χ4v) is 4.53. The van der Waals surface area contributed by atoms with E-state index in [2.05, 4.69) is 20.8 Å². The van der Waals surface area contributed by atoms with Crippen molar-refractivity contribution >= 4 is 47.5 Å². The first kappa shape index (κ1) is 20.6. The Morgan fingerprint density at radius 2 is 2.24 bits per heavy atom. The van der Waals surface area contributed by atoms with Gasteiger partial charge in [0, 0.05) is 12.3 Å². The van der Waals surface area contributed by atoms with Gasteiger partial charge in [0.2, 0.25) is 12.3 Å². The molecule has 0 aliphatic carbocycles. The predicted molar refractivity (Wildman–Crippen MR) is 103 cm³/mol. The standard InChI is InChI=1S/C17H19N5O6S/c1-17(16(26)27)6-22-14(25)12(15(22)29-7-17)20-13(24)11(21-28-2)9-4-3-5-10(19-9)18-8-23/h3-5,8,12,15H,6-7H2,1-2H3,(H,20,24)(H,26,27)(H,18,19,23)/t12?,15-,17?/m1/s1. The predicted octanol–water partition coefficient (Wildman–Crippen LogP) is -0.509. The highest BCUT2D eigenvalue weighted by Gasteiger charge is 2.56. The third-order valence-electron chi connectivity index (χ3n) is 4.63. The van der Waals surface area contributed by atoms with Gasteiger partial charge in [-0.15, -0.1) is 11.8 Å². The summed E-state index contributed by atoms with van der Waals surface area (Å²) in [6.45, 7) is 1.68. The van der Waals surface area contributed by atoms with Crippen LogP contribution in [0.4, 0.5) is 5.82 Å². The number of β-lactam (4-membered cyclic amide) rings is 1. The van der Waals surface area contributed by atoms with Crippen LogP contribution >= 0.6 is 11.8 Å². The van der Waals surface area contributed by atoms with Crippen LogP contribution in [0.5, 0.6) is 0 Å². The molecule has 3 atom stereocenters. The Balaban J connectivity index is 1.73. The maximum Gasteiger partial charge on any atom is 0.312 e. The Labute approximate surface area is 169 Å². The summed E-state index contributed by atoms with van der Waals surface area (Å²) in [5.41, 5.74) is -1.04. The van der Waals surface area contributed by atoms with Crippen LogP contribution in [0.2, 0.25) is 0 Å². The van der Waals surface area contributed by atoms with Gasteiger partial charge >= 0.3 is 5.97 Å². The van der Waals surface area contributed by atoms with Crippen LogP contribution in [0.3, 0.4) is 0 Å². The molecule has 3 rings (SSSR count). The molecule has 2 aliphatic heterocycles. The smallest absolute Gasteiger partial charge is 0.312 e. The zero-order chi connectivity index (χ0) is 21.2. The Bertz CT molecular complexity index is 893. The summed E-state index contributed by atoms with van der Waals surface area (Å²) in [4.78, 5) is 57.5. The number of pyridine rings is 1. The van der Waals surface area contributed by atoms with E-state index >= 15 is 0 Å². The van der Waals surface area contributed by atoms with Crippen molar-refractivity contribution in [3.8, 4) is 0 Å². The molecule has 0 spiro atoms. The first-order valence-corrected chi connectivity index (χ1v) is 9.60. The second-order valence-electron chi connectivity index (χ2n) is 6.78. The van der Waals surface area contributed by atoms with Crippen molar-refractivity contribution in [3.63, 3.8) is 0 Å². The molecule has 3 heterocycles. The third kappa shape index (κ3) is 3.88. The highest BCUT2D eigenvalue weighted by molar-refractivity contribution is 8.00. The average Bonchev–Trinajstić information content (AvgIpc) is 2.70. The van der Waals surface area contributed by atoms with Gasteiger partial charge in [0.25, 0.3) is 5.91 Å². The number of aromatic nitrogens is 1. The first-order chi connectivity index (χ1) is 13.8. The summed E-state index contributed by atoms with van der Waals surface area (Å²) in [5, 5.41) is 17.7. The average molecular weight is 421 g/mol. The Hall–Kier alpha value is -3.15. The van der Waals surface area contributed by atoms with E-state index in [0.29, 0.717) is 12.2 Å². The van der Waals surface area contributed by atoms with E-state index in [1.54, 1.807) is 13.0 Å². The number of anilines is 1. The van der Waals surface area contributed by atoms with Gasteiger partial charge in [-0.25, -0.2) is 4.98 Å². The molecule has 12 heteroatoms. The molecule has 2 fully saturated rings. The second-order valence-corrected chi connectivity index (χ2v) is 7.88. The molecular weight excluding hydrogens is 402 g/mol. The molecule has 3 N–H and O–H groups in total. The van der Waals surface area contributed by atoms with E-state index in [1.165, 1.54) is 35.9 Å². The number of nitrogens with zero attached hydrogens (tertiary/aromatic N) is 3. The molecule has 29 heavy (non-hydrogen) atoms. The molecule has 0 radical (unpaired) electrons. The summed E-state index contributed by atoms with van der Waals surface area (Å²) in [6.07, 6.45) is 0.451. The van der Waals surface area contributed by atoms with Crippen molar-refractivity contribution < 1.29 is 29.1 Å². The molecule has 154 valence electrons. The topological polar surface area (TPSA) is 150 Å². The number of fused-ring (bicyclic) bond motifs is 1. The van der Waals surface area contributed by atoms with Gasteiger partial charge in [0.15, 0.2) is 5.71 Å². The minimum absolute atomic E-state index is 0.0885. The second kappa shape index (κ2) is 8.07. The summed E-state index contributed by atoms with van der Waals surface area (Å²) in [5.74, 6) is -1.45. The van der Waals surface area contributed by atoms with Gasteiger partial charge in [-0.3, -0.25) is 19.2 Å². The number of nitrogens with one attached hydrogen (secondary N) is 2. The van der Waals surface area contributed by atoms with Crippen molar-refractivity contribution in [2.45, 2.75) is 18.3 Å². The molecule has 1 aromatic heterocycles. The lowest BCUT2D eigenvalue weighted by molar-refractivity contribution is -0.157. The first-order valence-electron chi connectivity index (χ1n) is 8.56. The molecule has 2 unspecified atom stereocenters. The van der Waals surface area contributed by atoms with Crippen molar-refractivity contribution in [2.75, 3.05) is 24.7 Å². The molecule has 3 amide bonds. The van der Waals surface area contributed by atoms with Gasteiger partial charge < -0.3 is 25.5 Å². The maximum atomic E-state index is 12.7. The highest BCUT2D eigenvalue weighted by atomic mass is 32.2. The fraction of sp³-hybridized carbons (Fsp3) is 0.412. The lowest BCUT2D eigenvalue weighted by Gasteiger charge is -2.53. The number of rotatable bonds is 7. The molecule has 0 saturated carbocycles. The van der Waals surface area contributed by atoms with E-state index in [-0.39, 0.29) is 35.0 Å². The van der Waals surface area contributed by atoms with E-state index in [4.69, 9.17) is 4.84 Å². The van der Waals surface area contributed by atoms with Gasteiger partial charge in [-0.2, -0.15) is 0 Å². The number of oxime groups is 1. The van der Waals surface area contributed by atoms with Crippen molar-refractivity contribution in [2.24, 2.45) is 10.6 Å². The number of carboxylic acid groups (broad SMARTS) is 1. The van der Waals surface area contributed by atoms with E-state index in [0.717, 1.165) is 0 Å².